The molecule has 0 aromatic heterocycles. The predicted octanol–water partition coefficient (Wildman–Crippen LogP) is 7.02. The van der Waals surface area contributed by atoms with E-state index in [4.69, 9.17) is 0 Å². The monoisotopic (exact) mass is 586 g/mol. The molecule has 0 aliphatic rings. The van der Waals surface area contributed by atoms with Crippen molar-refractivity contribution in [3.63, 3.8) is 0 Å². The Morgan fingerprint density at radius 2 is 0.529 bits per heavy atom. The van der Waals surface area contributed by atoms with Crippen molar-refractivity contribution in [2.75, 3.05) is 0 Å². The molecule has 4 heteroatoms. The van der Waals surface area contributed by atoms with E-state index in [1.54, 1.807) is 0 Å². The Bertz CT molecular complexity index is 1310. The first-order valence-electron chi connectivity index (χ1n) is 10.8. The number of hydrogen-bond acceptors (Lipinski definition) is 0. The van der Waals surface area contributed by atoms with Crippen LogP contribution in [0.5, 0.6) is 0 Å². The summed E-state index contributed by atoms with van der Waals surface area (Å²) in [6, 6.07) is 44.1. The van der Waals surface area contributed by atoms with Crippen molar-refractivity contribution in [3.8, 4) is 0 Å². The Morgan fingerprint density at radius 1 is 0.294 bits per heavy atom. The van der Waals surface area contributed by atoms with Crippen LogP contribution in [-0.4, -0.2) is 0 Å². The van der Waals surface area contributed by atoms with Gasteiger partial charge in [0, 0.05) is 20.4 Å². The summed E-state index contributed by atoms with van der Waals surface area (Å²) >= 11 is 0. The summed E-state index contributed by atoms with van der Waals surface area (Å²) < 4.78 is 0. The molecule has 3 unspecified atom stereocenters. The van der Waals surface area contributed by atoms with Crippen molar-refractivity contribution >= 4 is 76.0 Å². The summed E-state index contributed by atoms with van der Waals surface area (Å²) in [5.74, 6) is 0. The first-order valence-corrected chi connectivity index (χ1v) is 12.6. The van der Waals surface area contributed by atoms with Crippen LogP contribution in [0.1, 0.15) is 0 Å². The van der Waals surface area contributed by atoms with Crippen molar-refractivity contribution in [1.29, 1.82) is 0 Å². The molecule has 34 heavy (non-hydrogen) atoms. The van der Waals surface area contributed by atoms with Gasteiger partial charge in [0.15, 0.2) is 0 Å². The molecule has 172 valence electrons. The molecule has 6 rings (SSSR count). The van der Waals surface area contributed by atoms with Gasteiger partial charge in [-0.15, -0.1) is 27.7 Å². The van der Waals surface area contributed by atoms with Gasteiger partial charge in [-0.25, -0.2) is 0 Å². The largest absolute Gasteiger partial charge is 0.105 e. The molecule has 0 fully saturated rings. The van der Waals surface area contributed by atoms with Crippen LogP contribution in [0.3, 0.4) is 0 Å². The molecule has 0 radical (unpaired) electrons. The molecular weight excluding hydrogens is 560 g/mol. The van der Waals surface area contributed by atoms with Crippen LogP contribution in [-0.2, 0) is 20.4 Å². The van der Waals surface area contributed by atoms with Crippen LogP contribution in [0.15, 0.2) is 127 Å². The summed E-state index contributed by atoms with van der Waals surface area (Å²) in [6.45, 7) is 0. The Labute approximate surface area is 222 Å². The Morgan fingerprint density at radius 3 is 0.794 bits per heavy atom. The third-order valence-corrected chi connectivity index (χ3v) is 6.98. The van der Waals surface area contributed by atoms with Crippen LogP contribution in [0.25, 0.3) is 32.3 Å². The number of hydrogen-bond donors (Lipinski definition) is 0. The molecule has 0 heterocycles. The fraction of sp³-hybridized carbons (Fsp3) is 0. The van der Waals surface area contributed by atoms with Crippen LogP contribution in [0, 0.1) is 0 Å². The second-order valence-electron chi connectivity index (χ2n) is 7.71. The second-order valence-corrected chi connectivity index (χ2v) is 9.57. The van der Waals surface area contributed by atoms with E-state index in [0.717, 1.165) is 0 Å². The molecular formula is C30H27P3Pd. The molecule has 6 aromatic carbocycles. The Balaban J connectivity index is 0.000000141. The van der Waals surface area contributed by atoms with Gasteiger partial charge in [0.25, 0.3) is 0 Å². The zero-order valence-electron chi connectivity index (χ0n) is 18.7. The van der Waals surface area contributed by atoms with Gasteiger partial charge >= 0.3 is 0 Å². The average Bonchev–Trinajstić information content (AvgIpc) is 2.86. The Hall–Kier alpha value is -1.95. The maximum atomic E-state index is 2.74. The summed E-state index contributed by atoms with van der Waals surface area (Å²) in [7, 11) is 8.23. The van der Waals surface area contributed by atoms with E-state index in [1.165, 1.54) is 48.2 Å². The van der Waals surface area contributed by atoms with Crippen LogP contribution < -0.4 is 15.9 Å². The van der Waals surface area contributed by atoms with Crippen molar-refractivity contribution in [2.24, 2.45) is 0 Å². The van der Waals surface area contributed by atoms with Gasteiger partial charge in [0.2, 0.25) is 0 Å². The zero-order valence-corrected chi connectivity index (χ0v) is 23.7. The molecule has 0 spiro atoms. The molecule has 0 bridgehead atoms. The van der Waals surface area contributed by atoms with Crippen LogP contribution in [0.4, 0.5) is 0 Å². The van der Waals surface area contributed by atoms with E-state index < -0.39 is 0 Å². The van der Waals surface area contributed by atoms with Gasteiger partial charge < -0.3 is 0 Å². The summed E-state index contributed by atoms with van der Waals surface area (Å²) in [5.41, 5.74) is 0. The van der Waals surface area contributed by atoms with Gasteiger partial charge in [0.05, 0.1) is 0 Å². The normalized spacial score (nSPS) is 9.97. The maximum Gasteiger partial charge on any atom is 0 e. The third-order valence-electron chi connectivity index (χ3n) is 5.47. The SMILES string of the molecule is Pc1cccc2ccccc12.Pc1cccc2ccccc12.Pc1cccc2ccccc12.[Pd]. The van der Waals surface area contributed by atoms with Gasteiger partial charge in [-0.1, -0.05) is 127 Å². The molecule has 3 atom stereocenters. The smallest absolute Gasteiger partial charge is 0 e. The van der Waals surface area contributed by atoms with E-state index in [0.29, 0.717) is 0 Å². The minimum absolute atomic E-state index is 0. The van der Waals surface area contributed by atoms with Crippen molar-refractivity contribution < 1.29 is 20.4 Å². The number of rotatable bonds is 0. The first-order chi connectivity index (χ1) is 16.1. The summed E-state index contributed by atoms with van der Waals surface area (Å²) in [6.07, 6.45) is 0. The number of fused-ring (bicyclic) bond motifs is 3. The molecule has 0 nitrogen and oxygen atoms in total. The fourth-order valence-electron chi connectivity index (χ4n) is 3.75. The van der Waals surface area contributed by atoms with E-state index in [2.05, 4.69) is 155 Å². The van der Waals surface area contributed by atoms with E-state index in [1.807, 2.05) is 0 Å². The molecule has 0 saturated carbocycles. The average molecular weight is 587 g/mol. The van der Waals surface area contributed by atoms with Gasteiger partial charge in [-0.2, -0.15) is 0 Å². The predicted molar refractivity (Wildman–Crippen MR) is 160 cm³/mol. The van der Waals surface area contributed by atoms with Gasteiger partial charge in [0.1, 0.15) is 0 Å². The molecule has 0 aliphatic carbocycles. The van der Waals surface area contributed by atoms with Crippen LogP contribution >= 0.6 is 27.7 Å². The topological polar surface area (TPSA) is 0 Å². The minimum atomic E-state index is 0. The molecule has 6 aromatic rings. The first kappa shape index (κ1) is 26.7. The molecule has 0 N–H and O–H groups in total. The maximum absolute atomic E-state index is 2.74. The molecule has 0 saturated heterocycles. The quantitative estimate of drug-likeness (QED) is 0.133. The van der Waals surface area contributed by atoms with Gasteiger partial charge in [-0.05, 0) is 48.2 Å². The van der Waals surface area contributed by atoms with Crippen LogP contribution in [0.2, 0.25) is 0 Å². The van der Waals surface area contributed by atoms with Crippen molar-refractivity contribution in [3.05, 3.63) is 127 Å². The van der Waals surface area contributed by atoms with E-state index in [-0.39, 0.29) is 20.4 Å². The Kier molecular flexibility index (Phi) is 10.4. The number of benzene rings is 6. The fourth-order valence-corrected chi connectivity index (χ4v) is 4.87. The molecule has 0 aliphatic heterocycles. The standard InChI is InChI=1S/3C10H9P.Pd/c3*11-10-7-3-5-8-4-1-2-6-9(8)10;/h3*1-7H,11H2;. The summed E-state index contributed by atoms with van der Waals surface area (Å²) in [5, 5.41) is 11.7. The zero-order chi connectivity index (χ0) is 23.0. The minimum Gasteiger partial charge on any atom is -0.105 e. The third kappa shape index (κ3) is 6.81. The van der Waals surface area contributed by atoms with Gasteiger partial charge in [-0.3, -0.25) is 0 Å². The van der Waals surface area contributed by atoms with E-state index >= 15 is 0 Å². The molecule has 0 amide bonds. The van der Waals surface area contributed by atoms with Crippen molar-refractivity contribution in [1.82, 2.24) is 0 Å². The summed E-state index contributed by atoms with van der Waals surface area (Å²) in [4.78, 5) is 0. The van der Waals surface area contributed by atoms with Crippen molar-refractivity contribution in [2.45, 2.75) is 0 Å². The van der Waals surface area contributed by atoms with E-state index in [9.17, 15) is 0 Å². The second kappa shape index (κ2) is 13.2.